The normalized spacial score (nSPS) is 13.3. The lowest BCUT2D eigenvalue weighted by Gasteiger charge is -2.18. The van der Waals surface area contributed by atoms with E-state index in [1.807, 2.05) is 30.3 Å². The van der Waals surface area contributed by atoms with Crippen LogP contribution in [0.25, 0.3) is 0 Å². The summed E-state index contributed by atoms with van der Waals surface area (Å²) in [5.74, 6) is 1.08. The molecule has 0 heterocycles. The molecule has 110 valence electrons. The van der Waals surface area contributed by atoms with Crippen LogP contribution in [0, 0.1) is 0 Å². The molecule has 0 saturated carbocycles. The van der Waals surface area contributed by atoms with Gasteiger partial charge in [-0.05, 0) is 49.7 Å². The lowest BCUT2D eigenvalue weighted by Crippen LogP contribution is -2.37. The molecule has 1 atom stereocenters. The van der Waals surface area contributed by atoms with Crippen LogP contribution in [0.1, 0.15) is 20.3 Å². The second-order valence-electron chi connectivity index (χ2n) is 4.90. The Labute approximate surface area is 123 Å². The average Bonchev–Trinajstić information content (AvgIpc) is 2.50. The van der Waals surface area contributed by atoms with E-state index in [0.29, 0.717) is 17.9 Å². The van der Waals surface area contributed by atoms with Crippen LogP contribution in [0.5, 0.6) is 17.2 Å². The van der Waals surface area contributed by atoms with E-state index in [4.69, 9.17) is 9.47 Å². The highest BCUT2D eigenvalue weighted by molar-refractivity contribution is 5.80. The molecule has 0 aliphatic rings. The van der Waals surface area contributed by atoms with Gasteiger partial charge in [-0.25, -0.2) is 4.79 Å². The van der Waals surface area contributed by atoms with E-state index in [-0.39, 0.29) is 0 Å². The summed E-state index contributed by atoms with van der Waals surface area (Å²) in [7, 11) is 0. The molecule has 0 aromatic heterocycles. The lowest BCUT2D eigenvalue weighted by atomic mass is 10.0. The van der Waals surface area contributed by atoms with E-state index in [0.717, 1.165) is 5.75 Å². The molecule has 0 aliphatic carbocycles. The molecule has 1 unspecified atom stereocenters. The quantitative estimate of drug-likeness (QED) is 0.674. The molecule has 2 aromatic rings. The molecule has 0 amide bonds. The molecule has 2 rings (SSSR count). The van der Waals surface area contributed by atoms with Gasteiger partial charge in [-0.2, -0.15) is 0 Å². The van der Waals surface area contributed by atoms with Crippen LogP contribution in [0.2, 0.25) is 0 Å². The minimum atomic E-state index is -1.47. The predicted molar refractivity (Wildman–Crippen MR) is 79.5 cm³/mol. The van der Waals surface area contributed by atoms with E-state index in [9.17, 15) is 9.90 Å². The first-order chi connectivity index (χ1) is 10.0. The number of para-hydroxylation sites is 1. The molecule has 2 aromatic carbocycles. The Morgan fingerprint density at radius 3 is 2.10 bits per heavy atom. The summed E-state index contributed by atoms with van der Waals surface area (Å²) in [6, 6.07) is 16.1. The molecular formula is C17H18O4. The minimum absolute atomic E-state index is 0.293. The van der Waals surface area contributed by atoms with Gasteiger partial charge in [0.15, 0.2) is 5.60 Å². The van der Waals surface area contributed by atoms with Crippen LogP contribution in [-0.2, 0) is 4.79 Å². The number of esters is 1. The number of benzene rings is 2. The average molecular weight is 286 g/mol. The Hall–Kier alpha value is -2.33. The number of hydrogen-bond acceptors (Lipinski definition) is 4. The fourth-order valence-electron chi connectivity index (χ4n) is 1.56. The van der Waals surface area contributed by atoms with Gasteiger partial charge in [-0.15, -0.1) is 0 Å². The molecule has 0 aliphatic heterocycles. The van der Waals surface area contributed by atoms with Gasteiger partial charge in [-0.1, -0.05) is 25.1 Å². The van der Waals surface area contributed by atoms with Crippen LogP contribution < -0.4 is 9.47 Å². The van der Waals surface area contributed by atoms with Crippen molar-refractivity contribution in [2.24, 2.45) is 0 Å². The SMILES string of the molecule is CCC(C)(O)C(=O)Oc1ccc(Oc2ccccc2)cc1. The van der Waals surface area contributed by atoms with Crippen molar-refractivity contribution in [2.75, 3.05) is 0 Å². The summed E-state index contributed by atoms with van der Waals surface area (Å²) in [6.45, 7) is 3.15. The Balaban J connectivity index is 2.01. The van der Waals surface area contributed by atoms with Crippen LogP contribution in [0.15, 0.2) is 54.6 Å². The van der Waals surface area contributed by atoms with Crippen LogP contribution in [-0.4, -0.2) is 16.7 Å². The van der Waals surface area contributed by atoms with Crippen molar-refractivity contribution in [1.29, 1.82) is 0 Å². The third-order valence-corrected chi connectivity index (χ3v) is 3.14. The zero-order chi connectivity index (χ0) is 15.3. The Morgan fingerprint density at radius 2 is 1.52 bits per heavy atom. The largest absolute Gasteiger partial charge is 0.457 e. The highest BCUT2D eigenvalue weighted by Gasteiger charge is 2.30. The maximum atomic E-state index is 11.7. The Bertz CT molecular complexity index is 588. The highest BCUT2D eigenvalue weighted by atomic mass is 16.6. The molecule has 0 spiro atoms. The number of hydrogen-bond donors (Lipinski definition) is 1. The van der Waals surface area contributed by atoms with Gasteiger partial charge in [0.1, 0.15) is 17.2 Å². The molecule has 0 saturated heterocycles. The standard InChI is InChI=1S/C17H18O4/c1-3-17(2,19)16(18)21-15-11-9-14(10-12-15)20-13-7-5-4-6-8-13/h4-12,19H,3H2,1-2H3. The van der Waals surface area contributed by atoms with Crippen molar-refractivity contribution < 1.29 is 19.4 Å². The van der Waals surface area contributed by atoms with Crippen molar-refractivity contribution in [2.45, 2.75) is 25.9 Å². The third-order valence-electron chi connectivity index (χ3n) is 3.14. The maximum absolute atomic E-state index is 11.7. The van der Waals surface area contributed by atoms with Crippen LogP contribution >= 0.6 is 0 Å². The van der Waals surface area contributed by atoms with Gasteiger partial charge in [0.2, 0.25) is 0 Å². The third kappa shape index (κ3) is 4.07. The highest BCUT2D eigenvalue weighted by Crippen LogP contribution is 2.24. The maximum Gasteiger partial charge on any atom is 0.343 e. The second kappa shape index (κ2) is 6.41. The smallest absolute Gasteiger partial charge is 0.343 e. The minimum Gasteiger partial charge on any atom is -0.457 e. The van der Waals surface area contributed by atoms with Crippen molar-refractivity contribution >= 4 is 5.97 Å². The molecule has 1 N–H and O–H groups in total. The number of rotatable bonds is 5. The number of carbonyl (C=O) groups excluding carboxylic acids is 1. The van der Waals surface area contributed by atoms with E-state index in [1.165, 1.54) is 6.92 Å². The van der Waals surface area contributed by atoms with E-state index < -0.39 is 11.6 Å². The van der Waals surface area contributed by atoms with Gasteiger partial charge in [0, 0.05) is 0 Å². The van der Waals surface area contributed by atoms with Gasteiger partial charge in [0.05, 0.1) is 0 Å². The van der Waals surface area contributed by atoms with Crippen molar-refractivity contribution in [3.05, 3.63) is 54.6 Å². The molecule has 4 nitrogen and oxygen atoms in total. The summed E-state index contributed by atoms with van der Waals surface area (Å²) < 4.78 is 10.8. The van der Waals surface area contributed by atoms with E-state index >= 15 is 0 Å². The van der Waals surface area contributed by atoms with Gasteiger partial charge < -0.3 is 14.6 Å². The van der Waals surface area contributed by atoms with Gasteiger partial charge >= 0.3 is 5.97 Å². The van der Waals surface area contributed by atoms with E-state index in [2.05, 4.69) is 0 Å². The Morgan fingerprint density at radius 1 is 1.00 bits per heavy atom. The van der Waals surface area contributed by atoms with E-state index in [1.54, 1.807) is 31.2 Å². The summed E-state index contributed by atoms with van der Waals surface area (Å²) in [5, 5.41) is 9.80. The summed E-state index contributed by atoms with van der Waals surface area (Å²) in [6.07, 6.45) is 0.293. The summed E-state index contributed by atoms with van der Waals surface area (Å²) >= 11 is 0. The molecule has 21 heavy (non-hydrogen) atoms. The van der Waals surface area contributed by atoms with Gasteiger partial charge in [-0.3, -0.25) is 0 Å². The first kappa shape index (κ1) is 15.1. The number of aliphatic hydroxyl groups is 1. The predicted octanol–water partition coefficient (Wildman–Crippen LogP) is 3.55. The van der Waals surface area contributed by atoms with Crippen LogP contribution in [0.4, 0.5) is 0 Å². The second-order valence-corrected chi connectivity index (χ2v) is 4.90. The van der Waals surface area contributed by atoms with Crippen molar-refractivity contribution in [1.82, 2.24) is 0 Å². The topological polar surface area (TPSA) is 55.8 Å². The van der Waals surface area contributed by atoms with Crippen molar-refractivity contribution in [3.63, 3.8) is 0 Å². The zero-order valence-corrected chi connectivity index (χ0v) is 12.1. The molecule has 0 bridgehead atoms. The fourth-order valence-corrected chi connectivity index (χ4v) is 1.56. The van der Waals surface area contributed by atoms with Crippen molar-refractivity contribution in [3.8, 4) is 17.2 Å². The monoisotopic (exact) mass is 286 g/mol. The first-order valence-electron chi connectivity index (χ1n) is 6.79. The summed E-state index contributed by atoms with van der Waals surface area (Å²) in [5.41, 5.74) is -1.47. The Kier molecular flexibility index (Phi) is 4.60. The first-order valence-corrected chi connectivity index (χ1v) is 6.79. The number of ether oxygens (including phenoxy) is 2. The summed E-state index contributed by atoms with van der Waals surface area (Å²) in [4.78, 5) is 11.7. The lowest BCUT2D eigenvalue weighted by molar-refractivity contribution is -0.153. The zero-order valence-electron chi connectivity index (χ0n) is 12.1. The molecule has 0 fully saturated rings. The molecule has 4 heteroatoms. The number of carbonyl (C=O) groups is 1. The van der Waals surface area contributed by atoms with Crippen LogP contribution in [0.3, 0.4) is 0 Å². The molecule has 0 radical (unpaired) electrons. The molecular weight excluding hydrogens is 268 g/mol. The van der Waals surface area contributed by atoms with Gasteiger partial charge in [0.25, 0.3) is 0 Å². The fraction of sp³-hybridized carbons (Fsp3) is 0.235.